The number of H-pyrrole nitrogens is 1. The fourth-order valence-corrected chi connectivity index (χ4v) is 1.83. The second kappa shape index (κ2) is 7.41. The predicted molar refractivity (Wildman–Crippen MR) is 75.3 cm³/mol. The summed E-state index contributed by atoms with van der Waals surface area (Å²) in [6, 6.07) is 6.78. The van der Waals surface area contributed by atoms with Crippen molar-refractivity contribution >= 4 is 5.90 Å². The number of aromatic amines is 1. The van der Waals surface area contributed by atoms with Gasteiger partial charge in [-0.15, -0.1) is 0 Å². The van der Waals surface area contributed by atoms with Crippen molar-refractivity contribution in [3.05, 3.63) is 40.4 Å². The van der Waals surface area contributed by atoms with Crippen LogP contribution in [-0.2, 0) is 4.74 Å². The number of nitrogens with one attached hydrogen (secondary N) is 1. The van der Waals surface area contributed by atoms with E-state index in [1.54, 1.807) is 38.5 Å². The van der Waals surface area contributed by atoms with Crippen LogP contribution in [0.25, 0.3) is 5.69 Å². The Morgan fingerprint density at radius 3 is 2.73 bits per heavy atom. The first kappa shape index (κ1) is 15.8. The fourth-order valence-electron chi connectivity index (χ4n) is 1.83. The lowest BCUT2D eigenvalue weighted by molar-refractivity contribution is -0.673. The Kier molecular flexibility index (Phi) is 5.31. The molecule has 0 amide bonds. The third kappa shape index (κ3) is 3.53. The first-order chi connectivity index (χ1) is 10.7. The number of ether oxygens (including phenoxy) is 2. The van der Waals surface area contributed by atoms with Gasteiger partial charge in [0.1, 0.15) is 5.75 Å². The summed E-state index contributed by atoms with van der Waals surface area (Å²) in [5, 5.41) is 14.5. The van der Waals surface area contributed by atoms with Gasteiger partial charge in [-0.25, -0.2) is 4.79 Å². The molecule has 8 heteroatoms. The third-order valence-electron chi connectivity index (χ3n) is 2.94. The second-order valence-electron chi connectivity index (χ2n) is 4.40. The van der Waals surface area contributed by atoms with E-state index < -0.39 is 11.5 Å². The van der Waals surface area contributed by atoms with E-state index in [-0.39, 0.29) is 12.2 Å². The highest BCUT2D eigenvalue weighted by Crippen LogP contribution is 2.10. The van der Waals surface area contributed by atoms with Crippen molar-refractivity contribution in [1.29, 1.82) is 0 Å². The molecule has 0 fully saturated rings. The number of rotatable bonds is 7. The van der Waals surface area contributed by atoms with E-state index in [0.29, 0.717) is 24.5 Å². The van der Waals surface area contributed by atoms with Crippen LogP contribution in [0.1, 0.15) is 12.1 Å². The topological polar surface area (TPSA) is 104 Å². The molecule has 0 unspecified atom stereocenters. The molecule has 0 atom stereocenters. The smallest absolute Gasteiger partial charge is 0.436 e. The highest BCUT2D eigenvalue weighted by atomic mass is 16.5. The molecule has 0 aliphatic rings. The van der Waals surface area contributed by atoms with Gasteiger partial charge in [0, 0.05) is 32.4 Å². The minimum atomic E-state index is -0.767. The highest BCUT2D eigenvalue weighted by Gasteiger charge is 2.23. The zero-order valence-electron chi connectivity index (χ0n) is 12.4. The molecular formula is C14H17N3O5. The minimum Gasteiger partial charge on any atom is -0.854 e. The molecule has 1 N–H and O–H groups in total. The molecule has 8 nitrogen and oxygen atoms in total. The number of aromatic nitrogens is 2. The van der Waals surface area contributed by atoms with Crippen molar-refractivity contribution < 1.29 is 23.8 Å². The molecule has 2 aromatic rings. The summed E-state index contributed by atoms with van der Waals surface area (Å²) in [4.78, 5) is 15.6. The first-order valence-corrected chi connectivity index (χ1v) is 6.66. The Labute approximate surface area is 126 Å². The normalized spacial score (nSPS) is 11.6. The van der Waals surface area contributed by atoms with Crippen molar-refractivity contribution in [3.63, 3.8) is 0 Å². The van der Waals surface area contributed by atoms with Gasteiger partial charge in [-0.2, -0.15) is 0 Å². The van der Waals surface area contributed by atoms with Crippen LogP contribution < -0.4 is 20.2 Å². The second-order valence-corrected chi connectivity index (χ2v) is 4.40. The maximum atomic E-state index is 12.1. The van der Waals surface area contributed by atoms with Crippen LogP contribution in [-0.4, -0.2) is 38.5 Å². The number of aliphatic imine (C=N–C) groups is 1. The summed E-state index contributed by atoms with van der Waals surface area (Å²) in [6.45, 7) is 0.775. The predicted octanol–water partition coefficient (Wildman–Crippen LogP) is -0.603. The lowest BCUT2D eigenvalue weighted by Gasteiger charge is -2.04. The van der Waals surface area contributed by atoms with Gasteiger partial charge < -0.3 is 14.6 Å². The molecule has 0 saturated carbocycles. The number of hydrogen-bond donors (Lipinski definition) is 1. The monoisotopic (exact) mass is 307 g/mol. The molecule has 22 heavy (non-hydrogen) atoms. The van der Waals surface area contributed by atoms with Crippen LogP contribution in [0.2, 0.25) is 0 Å². The van der Waals surface area contributed by atoms with Crippen LogP contribution in [0.4, 0.5) is 0 Å². The quantitative estimate of drug-likeness (QED) is 0.318. The molecule has 0 radical (unpaired) electrons. The van der Waals surface area contributed by atoms with Gasteiger partial charge in [0.05, 0.1) is 13.0 Å². The number of hydrogen-bond acceptors (Lipinski definition) is 6. The molecule has 0 aliphatic carbocycles. The van der Waals surface area contributed by atoms with Gasteiger partial charge in [0.15, 0.2) is 0 Å². The Bertz CT molecular complexity index is 687. The van der Waals surface area contributed by atoms with E-state index in [0.717, 1.165) is 0 Å². The van der Waals surface area contributed by atoms with Crippen molar-refractivity contribution in [2.75, 3.05) is 27.4 Å². The van der Waals surface area contributed by atoms with Crippen molar-refractivity contribution in [1.82, 2.24) is 5.27 Å². The summed E-state index contributed by atoms with van der Waals surface area (Å²) in [6.07, 6.45) is 0.598. The standard InChI is InChI=1S/C14H17N3O5/c1-20-9-3-8-15-13(18)12-14(19)22-16-17(12)10-4-6-11(21-2)7-5-10/h4-7H,3,8-9H2,1-2H3,(H-,15,16,18,19). The van der Waals surface area contributed by atoms with Crippen LogP contribution in [0.15, 0.2) is 38.6 Å². The molecule has 1 aromatic carbocycles. The Morgan fingerprint density at radius 1 is 1.36 bits per heavy atom. The van der Waals surface area contributed by atoms with Crippen molar-refractivity contribution in [2.24, 2.45) is 4.99 Å². The summed E-state index contributed by atoms with van der Waals surface area (Å²) >= 11 is 0. The largest absolute Gasteiger partial charge is 0.854 e. The molecule has 0 spiro atoms. The molecule has 118 valence electrons. The molecular weight excluding hydrogens is 290 g/mol. The van der Waals surface area contributed by atoms with Gasteiger partial charge >= 0.3 is 11.3 Å². The zero-order valence-corrected chi connectivity index (χ0v) is 12.4. The summed E-state index contributed by atoms with van der Waals surface area (Å²) in [7, 11) is 3.12. The number of nitrogens with zero attached hydrogens (tertiary/aromatic N) is 2. The molecule has 1 aromatic heterocycles. The number of methoxy groups -OCH3 is 2. The van der Waals surface area contributed by atoms with Crippen LogP contribution in [0.3, 0.4) is 0 Å². The van der Waals surface area contributed by atoms with Crippen LogP contribution in [0, 0.1) is 0 Å². The molecule has 0 bridgehead atoms. The maximum Gasteiger partial charge on any atom is 0.436 e. The van der Waals surface area contributed by atoms with Crippen molar-refractivity contribution in [3.8, 4) is 11.4 Å². The average molecular weight is 307 g/mol. The number of benzene rings is 1. The van der Waals surface area contributed by atoms with Crippen LogP contribution >= 0.6 is 0 Å². The van der Waals surface area contributed by atoms with E-state index in [1.807, 2.05) is 0 Å². The molecule has 1 heterocycles. The zero-order chi connectivity index (χ0) is 15.9. The van der Waals surface area contributed by atoms with Crippen molar-refractivity contribution in [2.45, 2.75) is 6.42 Å². The Balaban J connectivity index is 2.28. The molecule has 0 aliphatic heterocycles. The third-order valence-corrected chi connectivity index (χ3v) is 2.94. The van der Waals surface area contributed by atoms with E-state index in [9.17, 15) is 9.90 Å². The molecule has 2 rings (SSSR count). The SMILES string of the molecule is COCCCN=C([O-])c1c(=O)o[nH][n+]1-c1ccc(OC)cc1. The van der Waals surface area contributed by atoms with E-state index in [2.05, 4.69) is 10.3 Å². The Morgan fingerprint density at radius 2 is 2.09 bits per heavy atom. The van der Waals surface area contributed by atoms with Gasteiger partial charge in [0.2, 0.25) is 5.69 Å². The molecule has 0 saturated heterocycles. The van der Waals surface area contributed by atoms with E-state index in [4.69, 9.17) is 14.0 Å². The van der Waals surface area contributed by atoms with Gasteiger partial charge in [-0.05, 0) is 28.5 Å². The van der Waals surface area contributed by atoms with Gasteiger partial charge in [-0.1, -0.05) is 0 Å². The van der Waals surface area contributed by atoms with Crippen LogP contribution in [0.5, 0.6) is 5.75 Å². The van der Waals surface area contributed by atoms with E-state index in [1.165, 1.54) is 4.68 Å². The summed E-state index contributed by atoms with van der Waals surface area (Å²) in [5.74, 6) is 0.0224. The first-order valence-electron chi connectivity index (χ1n) is 6.66. The maximum absolute atomic E-state index is 12.1. The summed E-state index contributed by atoms with van der Waals surface area (Å²) in [5.41, 5.74) is -0.388. The minimum absolute atomic E-state index is 0.178. The lowest BCUT2D eigenvalue weighted by atomic mass is 10.3. The van der Waals surface area contributed by atoms with Gasteiger partial charge in [0.25, 0.3) is 0 Å². The van der Waals surface area contributed by atoms with E-state index >= 15 is 0 Å². The summed E-state index contributed by atoms with van der Waals surface area (Å²) < 4.78 is 15.9. The lowest BCUT2D eigenvalue weighted by Crippen LogP contribution is -2.44. The fraction of sp³-hybridized carbons (Fsp3) is 0.357. The average Bonchev–Trinajstić information content (AvgIpc) is 2.93. The Hall–Kier alpha value is -2.61. The van der Waals surface area contributed by atoms with Gasteiger partial charge in [-0.3, -0.25) is 9.52 Å². The highest BCUT2D eigenvalue weighted by molar-refractivity contribution is 5.86.